The van der Waals surface area contributed by atoms with Crippen molar-refractivity contribution in [3.63, 3.8) is 0 Å². The fourth-order valence-electron chi connectivity index (χ4n) is 2.13. The second kappa shape index (κ2) is 6.80. The summed E-state index contributed by atoms with van der Waals surface area (Å²) in [6.45, 7) is 5.29. The third-order valence-corrected chi connectivity index (χ3v) is 4.34. The van der Waals surface area contributed by atoms with Crippen LogP contribution in [-0.2, 0) is 6.54 Å². The Bertz CT molecular complexity index is 535. The van der Waals surface area contributed by atoms with E-state index < -0.39 is 0 Å². The highest BCUT2D eigenvalue weighted by Gasteiger charge is 2.09. The Labute approximate surface area is 118 Å². The van der Waals surface area contributed by atoms with Crippen molar-refractivity contribution in [3.05, 3.63) is 18.1 Å². The molecule has 2 aromatic rings. The molecule has 0 aromatic carbocycles. The fourth-order valence-corrected chi connectivity index (χ4v) is 3.16. The van der Waals surface area contributed by atoms with Crippen LogP contribution in [0.4, 0.5) is 5.82 Å². The molecular weight excluding hydrogens is 256 g/mol. The summed E-state index contributed by atoms with van der Waals surface area (Å²) in [5, 5.41) is 0. The smallest absolute Gasteiger partial charge is 0.151 e. The molecule has 0 amide bonds. The van der Waals surface area contributed by atoms with Gasteiger partial charge in [-0.3, -0.25) is 0 Å². The molecule has 0 bridgehead atoms. The van der Waals surface area contributed by atoms with E-state index in [1.54, 1.807) is 0 Å². The van der Waals surface area contributed by atoms with Crippen molar-refractivity contribution >= 4 is 28.6 Å². The SMILES string of the molecule is CCCCSCCCn1cnc2c(N)ncc(C)c21. The number of aryl methyl sites for hydroxylation is 2. The lowest BCUT2D eigenvalue weighted by molar-refractivity contribution is 0.701. The number of hydrogen-bond acceptors (Lipinski definition) is 4. The largest absolute Gasteiger partial charge is 0.382 e. The molecule has 19 heavy (non-hydrogen) atoms. The van der Waals surface area contributed by atoms with Gasteiger partial charge < -0.3 is 10.3 Å². The van der Waals surface area contributed by atoms with Gasteiger partial charge in [0, 0.05) is 12.7 Å². The van der Waals surface area contributed by atoms with Crippen LogP contribution in [0.5, 0.6) is 0 Å². The van der Waals surface area contributed by atoms with Gasteiger partial charge in [0.25, 0.3) is 0 Å². The molecule has 0 radical (unpaired) electrons. The maximum atomic E-state index is 5.86. The van der Waals surface area contributed by atoms with E-state index in [0.717, 1.165) is 23.1 Å². The van der Waals surface area contributed by atoms with Gasteiger partial charge in [-0.1, -0.05) is 13.3 Å². The van der Waals surface area contributed by atoms with Crippen LogP contribution in [0.2, 0.25) is 0 Å². The molecule has 5 heteroatoms. The van der Waals surface area contributed by atoms with E-state index >= 15 is 0 Å². The van der Waals surface area contributed by atoms with Crippen molar-refractivity contribution in [2.75, 3.05) is 17.2 Å². The van der Waals surface area contributed by atoms with Gasteiger partial charge in [-0.25, -0.2) is 9.97 Å². The number of hydrogen-bond donors (Lipinski definition) is 1. The summed E-state index contributed by atoms with van der Waals surface area (Å²) in [5.41, 5.74) is 8.96. The highest BCUT2D eigenvalue weighted by molar-refractivity contribution is 7.99. The molecule has 0 aliphatic rings. The third-order valence-electron chi connectivity index (χ3n) is 3.18. The zero-order valence-corrected chi connectivity index (χ0v) is 12.5. The Hall–Kier alpha value is -1.23. The molecule has 2 heterocycles. The summed E-state index contributed by atoms with van der Waals surface area (Å²) in [7, 11) is 0. The first-order valence-corrected chi connectivity index (χ1v) is 8.03. The number of nitrogens with zero attached hydrogens (tertiary/aromatic N) is 3. The Balaban J connectivity index is 1.96. The highest BCUT2D eigenvalue weighted by atomic mass is 32.2. The number of nitrogens with two attached hydrogens (primary N) is 1. The highest BCUT2D eigenvalue weighted by Crippen LogP contribution is 2.21. The van der Waals surface area contributed by atoms with Gasteiger partial charge in [-0.05, 0) is 36.8 Å². The number of fused-ring (bicyclic) bond motifs is 1. The Morgan fingerprint density at radius 1 is 1.26 bits per heavy atom. The predicted molar refractivity (Wildman–Crippen MR) is 83.5 cm³/mol. The lowest BCUT2D eigenvalue weighted by Gasteiger charge is -2.06. The summed E-state index contributed by atoms with van der Waals surface area (Å²) >= 11 is 2.04. The summed E-state index contributed by atoms with van der Waals surface area (Å²) < 4.78 is 2.20. The van der Waals surface area contributed by atoms with E-state index in [1.165, 1.54) is 30.8 Å². The van der Waals surface area contributed by atoms with E-state index in [1.807, 2.05) is 24.3 Å². The molecule has 0 aliphatic carbocycles. The van der Waals surface area contributed by atoms with Crippen LogP contribution in [0.3, 0.4) is 0 Å². The van der Waals surface area contributed by atoms with Crippen LogP contribution in [0.25, 0.3) is 11.0 Å². The second-order valence-electron chi connectivity index (χ2n) is 4.78. The first-order valence-electron chi connectivity index (χ1n) is 6.87. The first kappa shape index (κ1) is 14.2. The number of pyridine rings is 1. The van der Waals surface area contributed by atoms with E-state index in [9.17, 15) is 0 Å². The van der Waals surface area contributed by atoms with Crippen LogP contribution >= 0.6 is 11.8 Å². The molecule has 2 rings (SSSR count). The van der Waals surface area contributed by atoms with Gasteiger partial charge >= 0.3 is 0 Å². The Kier molecular flexibility index (Phi) is 5.07. The van der Waals surface area contributed by atoms with Crippen LogP contribution in [0.1, 0.15) is 31.7 Å². The van der Waals surface area contributed by atoms with Crippen molar-refractivity contribution in [2.45, 2.75) is 39.7 Å². The van der Waals surface area contributed by atoms with Crippen LogP contribution in [0, 0.1) is 6.92 Å². The lowest BCUT2D eigenvalue weighted by Crippen LogP contribution is -2.00. The molecule has 104 valence electrons. The van der Waals surface area contributed by atoms with E-state index in [0.29, 0.717) is 5.82 Å². The molecule has 4 nitrogen and oxygen atoms in total. The number of nitrogen functional groups attached to an aromatic ring is 1. The summed E-state index contributed by atoms with van der Waals surface area (Å²) in [6, 6.07) is 0. The Morgan fingerprint density at radius 3 is 2.84 bits per heavy atom. The zero-order chi connectivity index (χ0) is 13.7. The average Bonchev–Trinajstić information content (AvgIpc) is 2.83. The Morgan fingerprint density at radius 2 is 2.05 bits per heavy atom. The summed E-state index contributed by atoms with van der Waals surface area (Å²) in [4.78, 5) is 8.52. The summed E-state index contributed by atoms with van der Waals surface area (Å²) in [6.07, 6.45) is 7.48. The van der Waals surface area contributed by atoms with Gasteiger partial charge in [-0.2, -0.15) is 11.8 Å². The quantitative estimate of drug-likeness (QED) is 0.790. The van der Waals surface area contributed by atoms with Crippen LogP contribution < -0.4 is 5.73 Å². The molecule has 2 N–H and O–H groups in total. The fraction of sp³-hybridized carbons (Fsp3) is 0.571. The van der Waals surface area contributed by atoms with Crippen LogP contribution in [0.15, 0.2) is 12.5 Å². The van der Waals surface area contributed by atoms with Crippen molar-refractivity contribution in [1.29, 1.82) is 0 Å². The van der Waals surface area contributed by atoms with Gasteiger partial charge in [0.2, 0.25) is 0 Å². The van der Waals surface area contributed by atoms with E-state index in [4.69, 9.17) is 5.73 Å². The third kappa shape index (κ3) is 3.41. The van der Waals surface area contributed by atoms with Crippen molar-refractivity contribution in [2.24, 2.45) is 0 Å². The number of anilines is 1. The van der Waals surface area contributed by atoms with Crippen molar-refractivity contribution < 1.29 is 0 Å². The number of rotatable bonds is 7. The van der Waals surface area contributed by atoms with Gasteiger partial charge in [0.15, 0.2) is 5.82 Å². The summed E-state index contributed by atoms with van der Waals surface area (Å²) in [5.74, 6) is 3.01. The minimum Gasteiger partial charge on any atom is -0.382 e. The zero-order valence-electron chi connectivity index (χ0n) is 11.7. The average molecular weight is 278 g/mol. The molecule has 0 atom stereocenters. The lowest BCUT2D eigenvalue weighted by atomic mass is 10.2. The van der Waals surface area contributed by atoms with Gasteiger partial charge in [0.05, 0.1) is 11.8 Å². The van der Waals surface area contributed by atoms with E-state index in [2.05, 4.69) is 28.4 Å². The van der Waals surface area contributed by atoms with Crippen molar-refractivity contribution in [1.82, 2.24) is 14.5 Å². The molecule has 0 aliphatic heterocycles. The first-order chi connectivity index (χ1) is 9.24. The van der Waals surface area contributed by atoms with Gasteiger partial charge in [0.1, 0.15) is 5.52 Å². The molecule has 0 spiro atoms. The molecule has 0 fully saturated rings. The molecule has 0 unspecified atom stereocenters. The normalized spacial score (nSPS) is 11.3. The molecule has 2 aromatic heterocycles. The minimum absolute atomic E-state index is 0.525. The number of thioether (sulfide) groups is 1. The molecular formula is C14H22N4S. The number of imidazole rings is 1. The minimum atomic E-state index is 0.525. The second-order valence-corrected chi connectivity index (χ2v) is 6.01. The standard InChI is InChI=1S/C14H22N4S/c1-3-4-7-19-8-5-6-18-10-17-12-13(18)11(2)9-16-14(12)15/h9-10H,3-8H2,1-2H3,(H2,15,16). The number of aromatic nitrogens is 3. The van der Waals surface area contributed by atoms with Gasteiger partial charge in [-0.15, -0.1) is 0 Å². The number of unbranched alkanes of at least 4 members (excludes halogenated alkanes) is 1. The van der Waals surface area contributed by atoms with Crippen molar-refractivity contribution in [3.8, 4) is 0 Å². The monoisotopic (exact) mass is 278 g/mol. The predicted octanol–water partition coefficient (Wildman–Crippen LogP) is 3.25. The molecule has 0 saturated heterocycles. The maximum absolute atomic E-state index is 5.86. The maximum Gasteiger partial charge on any atom is 0.151 e. The topological polar surface area (TPSA) is 56.7 Å². The molecule has 0 saturated carbocycles. The van der Waals surface area contributed by atoms with Crippen LogP contribution in [-0.4, -0.2) is 26.0 Å². The van der Waals surface area contributed by atoms with E-state index in [-0.39, 0.29) is 0 Å².